The second-order valence-corrected chi connectivity index (χ2v) is 5.89. The molecule has 6 nitrogen and oxygen atoms in total. The lowest BCUT2D eigenvalue weighted by Gasteiger charge is -2.27. The zero-order valence-corrected chi connectivity index (χ0v) is 12.1. The summed E-state index contributed by atoms with van der Waals surface area (Å²) in [4.78, 5) is 11.3. The number of nitriles is 1. The van der Waals surface area contributed by atoms with Gasteiger partial charge in [0.25, 0.3) is 0 Å². The van der Waals surface area contributed by atoms with Gasteiger partial charge in [-0.05, 0) is 31.7 Å². The monoisotopic (exact) mass is 281 g/mol. The average Bonchev–Trinajstić information content (AvgIpc) is 3.22. The number of H-pyrrole nitrogens is 1. The number of aromatic nitrogens is 3. The van der Waals surface area contributed by atoms with Gasteiger partial charge in [0.05, 0.1) is 6.07 Å². The van der Waals surface area contributed by atoms with Crippen LogP contribution in [0, 0.1) is 17.2 Å². The molecule has 0 bridgehead atoms. The Morgan fingerprint density at radius 1 is 1.68 bits per heavy atom. The molecule has 1 atom stereocenters. The molecule has 19 heavy (non-hydrogen) atoms. The zero-order chi connectivity index (χ0) is 13.9. The van der Waals surface area contributed by atoms with Gasteiger partial charge in [-0.1, -0.05) is 18.7 Å². The molecule has 1 unspecified atom stereocenters. The van der Waals surface area contributed by atoms with Gasteiger partial charge < -0.3 is 0 Å². The quantitative estimate of drug-likeness (QED) is 0.724. The highest BCUT2D eigenvalue weighted by Crippen LogP contribution is 2.41. The van der Waals surface area contributed by atoms with E-state index in [0.717, 1.165) is 25.8 Å². The van der Waals surface area contributed by atoms with Gasteiger partial charge in [0, 0.05) is 12.8 Å². The predicted octanol–water partition coefficient (Wildman–Crippen LogP) is 0.872. The number of nitrogens with one attached hydrogen (secondary N) is 2. The van der Waals surface area contributed by atoms with Crippen LogP contribution in [0.4, 0.5) is 0 Å². The molecular formula is C12H19N5OS. The molecule has 1 heterocycles. The summed E-state index contributed by atoms with van der Waals surface area (Å²) in [7, 11) is 1.68. The summed E-state index contributed by atoms with van der Waals surface area (Å²) < 4.78 is 1.47. The third-order valence-electron chi connectivity index (χ3n) is 3.43. The van der Waals surface area contributed by atoms with Crippen LogP contribution in [-0.2, 0) is 7.05 Å². The molecule has 7 heteroatoms. The maximum absolute atomic E-state index is 11.3. The topological polar surface area (TPSA) is 86.5 Å². The van der Waals surface area contributed by atoms with E-state index < -0.39 is 5.54 Å². The summed E-state index contributed by atoms with van der Waals surface area (Å²) >= 11 is 1.45. The van der Waals surface area contributed by atoms with Crippen LogP contribution in [0.5, 0.6) is 0 Å². The lowest BCUT2D eigenvalue weighted by molar-refractivity contribution is 0.405. The first kappa shape index (κ1) is 14.2. The van der Waals surface area contributed by atoms with Gasteiger partial charge in [-0.3, -0.25) is 9.88 Å². The maximum Gasteiger partial charge on any atom is 0.343 e. The largest absolute Gasteiger partial charge is 0.343 e. The second kappa shape index (κ2) is 5.80. The van der Waals surface area contributed by atoms with Crippen molar-refractivity contribution in [2.45, 2.75) is 36.9 Å². The fraction of sp³-hybridized carbons (Fsp3) is 0.750. The zero-order valence-electron chi connectivity index (χ0n) is 11.3. The van der Waals surface area contributed by atoms with E-state index in [0.29, 0.717) is 16.8 Å². The van der Waals surface area contributed by atoms with Gasteiger partial charge in [-0.25, -0.2) is 9.89 Å². The van der Waals surface area contributed by atoms with E-state index in [1.165, 1.54) is 16.3 Å². The van der Waals surface area contributed by atoms with E-state index in [2.05, 4.69) is 28.5 Å². The van der Waals surface area contributed by atoms with Gasteiger partial charge in [0.2, 0.25) is 0 Å². The fourth-order valence-corrected chi connectivity index (χ4v) is 3.19. The molecule has 0 aliphatic heterocycles. The fourth-order valence-electron chi connectivity index (χ4n) is 2.04. The standard InChI is InChI=1S/C12H19N5OS/c1-3-6-14-12(7-13,9-4-5-9)8-19-11-16-15-10(18)17(11)2/h9,14H,3-6,8H2,1-2H3,(H,15,18). The molecule has 1 fully saturated rings. The minimum atomic E-state index is -0.490. The molecule has 1 saturated carbocycles. The Morgan fingerprint density at radius 3 is 2.89 bits per heavy atom. The molecule has 104 valence electrons. The van der Waals surface area contributed by atoms with Crippen molar-refractivity contribution in [3.05, 3.63) is 10.5 Å². The first-order chi connectivity index (χ1) is 9.13. The molecule has 0 saturated heterocycles. The summed E-state index contributed by atoms with van der Waals surface area (Å²) in [6, 6.07) is 2.45. The summed E-state index contributed by atoms with van der Waals surface area (Å²) in [6.07, 6.45) is 3.20. The molecule has 1 aromatic heterocycles. The van der Waals surface area contributed by atoms with Gasteiger partial charge in [0.15, 0.2) is 5.16 Å². The number of hydrogen-bond acceptors (Lipinski definition) is 5. The van der Waals surface area contributed by atoms with Crippen molar-refractivity contribution in [2.24, 2.45) is 13.0 Å². The highest BCUT2D eigenvalue weighted by Gasteiger charge is 2.45. The summed E-state index contributed by atoms with van der Waals surface area (Å²) in [5.41, 5.74) is -0.714. The van der Waals surface area contributed by atoms with Crippen molar-refractivity contribution in [2.75, 3.05) is 12.3 Å². The van der Waals surface area contributed by atoms with Gasteiger partial charge >= 0.3 is 5.69 Å². The Kier molecular flexibility index (Phi) is 4.32. The third-order valence-corrected chi connectivity index (χ3v) is 4.65. The maximum atomic E-state index is 11.3. The summed E-state index contributed by atoms with van der Waals surface area (Å²) in [5.74, 6) is 1.04. The lowest BCUT2D eigenvalue weighted by Crippen LogP contribution is -2.48. The highest BCUT2D eigenvalue weighted by atomic mass is 32.2. The minimum absolute atomic E-state index is 0.224. The van der Waals surface area contributed by atoms with Crippen LogP contribution in [0.15, 0.2) is 9.95 Å². The second-order valence-electron chi connectivity index (χ2n) is 4.94. The Balaban J connectivity index is 2.06. The first-order valence-electron chi connectivity index (χ1n) is 6.53. The van der Waals surface area contributed by atoms with Crippen molar-refractivity contribution in [3.8, 4) is 6.07 Å². The van der Waals surface area contributed by atoms with Crippen molar-refractivity contribution < 1.29 is 0 Å². The highest BCUT2D eigenvalue weighted by molar-refractivity contribution is 7.99. The third kappa shape index (κ3) is 3.01. The number of rotatable bonds is 7. The van der Waals surface area contributed by atoms with Crippen LogP contribution in [0.2, 0.25) is 0 Å². The number of aromatic amines is 1. The first-order valence-corrected chi connectivity index (χ1v) is 7.52. The van der Waals surface area contributed by atoms with Crippen molar-refractivity contribution in [3.63, 3.8) is 0 Å². The van der Waals surface area contributed by atoms with Crippen molar-refractivity contribution >= 4 is 11.8 Å². The van der Waals surface area contributed by atoms with Crippen LogP contribution < -0.4 is 11.0 Å². The van der Waals surface area contributed by atoms with Crippen LogP contribution >= 0.6 is 11.8 Å². The van der Waals surface area contributed by atoms with Crippen LogP contribution in [0.3, 0.4) is 0 Å². The SMILES string of the molecule is CCCNC(C#N)(CSc1n[nH]c(=O)n1C)C1CC1. The van der Waals surface area contributed by atoms with E-state index in [-0.39, 0.29) is 5.69 Å². The minimum Gasteiger partial charge on any atom is -0.298 e. The van der Waals surface area contributed by atoms with E-state index in [1.54, 1.807) is 7.05 Å². The molecule has 1 aliphatic carbocycles. The Hall–Kier alpha value is -1.26. The summed E-state index contributed by atoms with van der Waals surface area (Å²) in [5, 5.41) is 19.9. The molecule has 0 aromatic carbocycles. The lowest BCUT2D eigenvalue weighted by atomic mass is 9.97. The number of thioether (sulfide) groups is 1. The van der Waals surface area contributed by atoms with Crippen molar-refractivity contribution in [1.82, 2.24) is 20.1 Å². The molecule has 1 aliphatic rings. The van der Waals surface area contributed by atoms with Crippen molar-refractivity contribution in [1.29, 1.82) is 5.26 Å². The van der Waals surface area contributed by atoms with Crippen LogP contribution in [0.1, 0.15) is 26.2 Å². The van der Waals surface area contributed by atoms with E-state index in [9.17, 15) is 10.1 Å². The predicted molar refractivity (Wildman–Crippen MR) is 73.9 cm³/mol. The van der Waals surface area contributed by atoms with Gasteiger partial charge in [-0.15, -0.1) is 5.10 Å². The van der Waals surface area contributed by atoms with E-state index in [1.807, 2.05) is 0 Å². The number of hydrogen-bond donors (Lipinski definition) is 2. The Labute approximate surface area is 116 Å². The summed E-state index contributed by atoms with van der Waals surface area (Å²) in [6.45, 7) is 2.93. The van der Waals surface area contributed by atoms with Gasteiger partial charge in [0.1, 0.15) is 5.54 Å². The molecular weight excluding hydrogens is 262 g/mol. The molecule has 0 spiro atoms. The Bertz CT molecular complexity index is 527. The molecule has 1 aromatic rings. The normalized spacial score (nSPS) is 17.9. The van der Waals surface area contributed by atoms with E-state index in [4.69, 9.17) is 0 Å². The molecule has 0 amide bonds. The number of nitrogens with zero attached hydrogens (tertiary/aromatic N) is 3. The van der Waals surface area contributed by atoms with Gasteiger partial charge in [-0.2, -0.15) is 5.26 Å². The Morgan fingerprint density at radius 2 is 2.42 bits per heavy atom. The molecule has 2 N–H and O–H groups in total. The smallest absolute Gasteiger partial charge is 0.298 e. The average molecular weight is 281 g/mol. The van der Waals surface area contributed by atoms with Crippen LogP contribution in [0.25, 0.3) is 0 Å². The molecule has 0 radical (unpaired) electrons. The van der Waals surface area contributed by atoms with E-state index >= 15 is 0 Å². The van der Waals surface area contributed by atoms with Crippen LogP contribution in [-0.4, -0.2) is 32.6 Å². The molecule has 2 rings (SSSR count).